The van der Waals surface area contributed by atoms with Gasteiger partial charge in [-0.1, -0.05) is 48.0 Å². The molecule has 2 aromatic carbocycles. The van der Waals surface area contributed by atoms with E-state index >= 15 is 0 Å². The monoisotopic (exact) mass is 380 g/mol. The molecule has 5 nitrogen and oxygen atoms in total. The van der Waals surface area contributed by atoms with E-state index in [1.165, 1.54) is 0 Å². The van der Waals surface area contributed by atoms with Gasteiger partial charge in [-0.05, 0) is 24.3 Å². The van der Waals surface area contributed by atoms with Crippen molar-refractivity contribution >= 4 is 34.4 Å². The van der Waals surface area contributed by atoms with Crippen molar-refractivity contribution in [2.75, 3.05) is 13.2 Å². The quantitative estimate of drug-likeness (QED) is 0.518. The van der Waals surface area contributed by atoms with Crippen molar-refractivity contribution in [3.05, 3.63) is 77.8 Å². The molecule has 0 aliphatic heterocycles. The Balaban J connectivity index is 1.93. The second-order valence-corrected chi connectivity index (χ2v) is 6.18. The molecule has 6 heteroatoms. The molecule has 0 aliphatic carbocycles. The molecule has 1 N–H and O–H groups in total. The lowest BCUT2D eigenvalue weighted by molar-refractivity contribution is -0.124. The fourth-order valence-corrected chi connectivity index (χ4v) is 2.68. The van der Waals surface area contributed by atoms with Gasteiger partial charge in [0.15, 0.2) is 6.61 Å². The first-order valence-electron chi connectivity index (χ1n) is 8.29. The number of halogens is 1. The maximum atomic E-state index is 12.6. The summed E-state index contributed by atoms with van der Waals surface area (Å²) in [4.78, 5) is 28.9. The molecule has 0 fully saturated rings. The maximum absolute atomic E-state index is 12.6. The van der Waals surface area contributed by atoms with Gasteiger partial charge < -0.3 is 10.1 Å². The number of benzene rings is 2. The van der Waals surface area contributed by atoms with Crippen LogP contribution in [0.15, 0.2) is 67.3 Å². The van der Waals surface area contributed by atoms with Crippen molar-refractivity contribution in [2.45, 2.75) is 0 Å². The van der Waals surface area contributed by atoms with Crippen LogP contribution in [0.4, 0.5) is 0 Å². The van der Waals surface area contributed by atoms with E-state index in [9.17, 15) is 9.59 Å². The number of nitrogens with zero attached hydrogens (tertiary/aromatic N) is 1. The number of carbonyl (C=O) groups is 2. The molecule has 0 unspecified atom stereocenters. The fourth-order valence-electron chi connectivity index (χ4n) is 2.56. The number of pyridine rings is 1. The highest BCUT2D eigenvalue weighted by Crippen LogP contribution is 2.26. The van der Waals surface area contributed by atoms with Gasteiger partial charge in [-0.2, -0.15) is 0 Å². The van der Waals surface area contributed by atoms with Crippen LogP contribution < -0.4 is 5.32 Å². The second-order valence-electron chi connectivity index (χ2n) is 5.75. The summed E-state index contributed by atoms with van der Waals surface area (Å²) in [5.74, 6) is -0.975. The summed E-state index contributed by atoms with van der Waals surface area (Å²) < 4.78 is 5.17. The molecule has 0 spiro atoms. The summed E-state index contributed by atoms with van der Waals surface area (Å²) in [5, 5.41) is 3.83. The van der Waals surface area contributed by atoms with E-state index < -0.39 is 5.97 Å². The topological polar surface area (TPSA) is 68.3 Å². The molecule has 0 bridgehead atoms. The lowest BCUT2D eigenvalue weighted by Crippen LogP contribution is -2.28. The Morgan fingerprint density at radius 1 is 1.15 bits per heavy atom. The zero-order valence-electron chi connectivity index (χ0n) is 14.4. The van der Waals surface area contributed by atoms with Gasteiger partial charge in [-0.3, -0.25) is 4.79 Å². The normalized spacial score (nSPS) is 10.4. The van der Waals surface area contributed by atoms with Crippen molar-refractivity contribution in [3.8, 4) is 11.3 Å². The molecule has 3 aromatic rings. The summed E-state index contributed by atoms with van der Waals surface area (Å²) >= 11 is 5.94. The van der Waals surface area contributed by atoms with E-state index in [0.29, 0.717) is 33.7 Å². The Bertz CT molecular complexity index is 1000. The summed E-state index contributed by atoms with van der Waals surface area (Å²) in [6.45, 7) is 3.47. The molecular formula is C21H17ClN2O3. The average molecular weight is 381 g/mol. The Morgan fingerprint density at radius 2 is 1.89 bits per heavy atom. The maximum Gasteiger partial charge on any atom is 0.339 e. The van der Waals surface area contributed by atoms with Crippen molar-refractivity contribution in [1.82, 2.24) is 10.3 Å². The number of hydrogen-bond acceptors (Lipinski definition) is 4. The number of esters is 1. The molecule has 0 saturated heterocycles. The van der Waals surface area contributed by atoms with E-state index in [-0.39, 0.29) is 12.5 Å². The van der Waals surface area contributed by atoms with Gasteiger partial charge >= 0.3 is 5.97 Å². The third kappa shape index (κ3) is 4.51. The Morgan fingerprint density at radius 3 is 2.63 bits per heavy atom. The van der Waals surface area contributed by atoms with E-state index in [0.717, 1.165) is 5.56 Å². The summed E-state index contributed by atoms with van der Waals surface area (Å²) in [7, 11) is 0. The van der Waals surface area contributed by atoms with Crippen LogP contribution in [0.1, 0.15) is 10.4 Å². The third-order valence-corrected chi connectivity index (χ3v) is 4.11. The van der Waals surface area contributed by atoms with Crippen LogP contribution in [-0.2, 0) is 9.53 Å². The van der Waals surface area contributed by atoms with E-state index in [1.54, 1.807) is 30.3 Å². The Labute approximate surface area is 161 Å². The second kappa shape index (κ2) is 8.47. The molecule has 27 heavy (non-hydrogen) atoms. The lowest BCUT2D eigenvalue weighted by Gasteiger charge is -2.10. The van der Waals surface area contributed by atoms with Gasteiger partial charge in [0.1, 0.15) is 0 Å². The first-order chi connectivity index (χ1) is 13.1. The predicted octanol–water partition coefficient (Wildman–Crippen LogP) is 4.01. The van der Waals surface area contributed by atoms with Crippen molar-refractivity contribution in [3.63, 3.8) is 0 Å². The Kier molecular flexibility index (Phi) is 5.84. The highest BCUT2D eigenvalue weighted by Gasteiger charge is 2.16. The van der Waals surface area contributed by atoms with Crippen LogP contribution >= 0.6 is 11.6 Å². The van der Waals surface area contributed by atoms with Crippen LogP contribution in [0.3, 0.4) is 0 Å². The highest BCUT2D eigenvalue weighted by atomic mass is 35.5. The molecule has 136 valence electrons. The molecular weight excluding hydrogens is 364 g/mol. The summed E-state index contributed by atoms with van der Waals surface area (Å²) in [6, 6.07) is 16.1. The number of aromatic nitrogens is 1. The van der Waals surface area contributed by atoms with E-state index in [2.05, 4.69) is 16.9 Å². The number of rotatable bonds is 6. The highest BCUT2D eigenvalue weighted by molar-refractivity contribution is 6.30. The molecule has 1 aromatic heterocycles. The first kappa shape index (κ1) is 18.6. The standard InChI is InChI=1S/C21H17ClN2O3/c1-2-11-23-20(25)13-27-21(26)17-12-19(14-7-9-15(22)10-8-14)24-18-6-4-3-5-16(17)18/h2-10,12H,1,11,13H2,(H,23,25). The molecule has 1 heterocycles. The van der Waals surface area contributed by atoms with Gasteiger partial charge in [0.25, 0.3) is 5.91 Å². The summed E-state index contributed by atoms with van der Waals surface area (Å²) in [6.07, 6.45) is 1.55. The van der Waals surface area contributed by atoms with Gasteiger partial charge in [0, 0.05) is 22.5 Å². The van der Waals surface area contributed by atoms with Gasteiger partial charge in [-0.25, -0.2) is 9.78 Å². The molecule has 0 aliphatic rings. The van der Waals surface area contributed by atoms with Gasteiger partial charge in [-0.15, -0.1) is 6.58 Å². The van der Waals surface area contributed by atoms with Gasteiger partial charge in [0.2, 0.25) is 0 Å². The SMILES string of the molecule is C=CCNC(=O)COC(=O)c1cc(-c2ccc(Cl)cc2)nc2ccccc12. The number of nitrogens with one attached hydrogen (secondary N) is 1. The molecule has 1 amide bonds. The van der Waals surface area contributed by atoms with Crippen LogP contribution in [0.5, 0.6) is 0 Å². The summed E-state index contributed by atoms with van der Waals surface area (Å²) in [5.41, 5.74) is 2.45. The third-order valence-electron chi connectivity index (χ3n) is 3.85. The lowest BCUT2D eigenvalue weighted by atomic mass is 10.0. The molecule has 0 radical (unpaired) electrons. The number of para-hydroxylation sites is 1. The van der Waals surface area contributed by atoms with Crippen molar-refractivity contribution in [1.29, 1.82) is 0 Å². The van der Waals surface area contributed by atoms with Crippen LogP contribution in [0.25, 0.3) is 22.2 Å². The minimum absolute atomic E-state index is 0.315. The Hall–Kier alpha value is -3.18. The minimum atomic E-state index is -0.586. The molecule has 0 saturated carbocycles. The van der Waals surface area contributed by atoms with E-state index in [4.69, 9.17) is 16.3 Å². The number of amides is 1. The number of hydrogen-bond donors (Lipinski definition) is 1. The van der Waals surface area contributed by atoms with Crippen molar-refractivity contribution in [2.24, 2.45) is 0 Å². The fraction of sp³-hybridized carbons (Fsp3) is 0.0952. The number of ether oxygens (including phenoxy) is 1. The zero-order valence-corrected chi connectivity index (χ0v) is 15.2. The van der Waals surface area contributed by atoms with Crippen LogP contribution in [-0.4, -0.2) is 30.0 Å². The largest absolute Gasteiger partial charge is 0.452 e. The minimum Gasteiger partial charge on any atom is -0.452 e. The zero-order chi connectivity index (χ0) is 19.2. The van der Waals surface area contributed by atoms with Crippen molar-refractivity contribution < 1.29 is 14.3 Å². The molecule has 3 rings (SSSR count). The van der Waals surface area contributed by atoms with Crippen LogP contribution in [0.2, 0.25) is 5.02 Å². The first-order valence-corrected chi connectivity index (χ1v) is 8.66. The molecule has 0 atom stereocenters. The van der Waals surface area contributed by atoms with Crippen LogP contribution in [0, 0.1) is 0 Å². The number of carbonyl (C=O) groups excluding carboxylic acids is 2. The average Bonchev–Trinajstić information content (AvgIpc) is 2.70. The smallest absolute Gasteiger partial charge is 0.339 e. The predicted molar refractivity (Wildman–Crippen MR) is 106 cm³/mol. The number of fused-ring (bicyclic) bond motifs is 1. The van der Waals surface area contributed by atoms with E-state index in [1.807, 2.05) is 30.3 Å². The van der Waals surface area contributed by atoms with Gasteiger partial charge in [0.05, 0.1) is 16.8 Å².